The Hall–Kier alpha value is -0.250. The fourth-order valence-corrected chi connectivity index (χ4v) is 2.91. The molecule has 1 fully saturated rings. The van der Waals surface area contributed by atoms with Gasteiger partial charge in [0.05, 0.1) is 17.2 Å². The lowest BCUT2D eigenvalue weighted by atomic mass is 9.76. The molecule has 0 aromatic heterocycles. The summed E-state index contributed by atoms with van der Waals surface area (Å²) >= 11 is 9.39. The molecule has 0 spiro atoms. The summed E-state index contributed by atoms with van der Waals surface area (Å²) in [5.41, 5.74) is 0.736. The molecule has 1 aromatic rings. The van der Waals surface area contributed by atoms with Gasteiger partial charge in [0.15, 0.2) is 0 Å². The van der Waals surface area contributed by atoms with Crippen molar-refractivity contribution in [3.63, 3.8) is 0 Å². The molecule has 0 bridgehead atoms. The third kappa shape index (κ3) is 3.40. The van der Waals surface area contributed by atoms with Crippen LogP contribution >= 0.6 is 27.5 Å². The molecule has 1 saturated carbocycles. The number of rotatable bonds is 5. The molecule has 1 unspecified atom stereocenters. The molecule has 1 aliphatic rings. The number of halogens is 2. The van der Waals surface area contributed by atoms with Crippen molar-refractivity contribution in [1.82, 2.24) is 0 Å². The van der Waals surface area contributed by atoms with E-state index < -0.39 is 0 Å². The first-order chi connectivity index (χ1) is 8.52. The molecule has 0 saturated heterocycles. The van der Waals surface area contributed by atoms with Gasteiger partial charge in [-0.15, -0.1) is 0 Å². The van der Waals surface area contributed by atoms with E-state index in [1.807, 2.05) is 18.2 Å². The highest BCUT2D eigenvalue weighted by molar-refractivity contribution is 9.10. The highest BCUT2D eigenvalue weighted by Gasteiger charge is 2.30. The summed E-state index contributed by atoms with van der Waals surface area (Å²) < 4.78 is 0.873. The third-order valence-electron chi connectivity index (χ3n) is 3.68. The average molecular weight is 333 g/mol. The van der Waals surface area contributed by atoms with Gasteiger partial charge >= 0.3 is 0 Å². The predicted molar refractivity (Wildman–Crippen MR) is 80.2 cm³/mol. The van der Waals surface area contributed by atoms with E-state index in [-0.39, 0.29) is 12.1 Å². The highest BCUT2D eigenvalue weighted by Crippen LogP contribution is 2.35. The molecule has 4 heteroatoms. The zero-order valence-corrected chi connectivity index (χ0v) is 12.9. The summed E-state index contributed by atoms with van der Waals surface area (Å²) in [5.74, 6) is 0.755. The van der Waals surface area contributed by atoms with Crippen LogP contribution in [0.3, 0.4) is 0 Å². The quantitative estimate of drug-likeness (QED) is 0.834. The van der Waals surface area contributed by atoms with Gasteiger partial charge in [-0.25, -0.2) is 0 Å². The maximum atomic E-state index is 9.64. The van der Waals surface area contributed by atoms with Crippen LogP contribution in [-0.2, 0) is 0 Å². The third-order valence-corrected chi connectivity index (χ3v) is 4.89. The van der Waals surface area contributed by atoms with Gasteiger partial charge in [0.1, 0.15) is 0 Å². The van der Waals surface area contributed by atoms with Crippen molar-refractivity contribution in [1.29, 1.82) is 0 Å². The maximum absolute atomic E-state index is 9.64. The summed E-state index contributed by atoms with van der Waals surface area (Å²) in [6, 6.07) is 5.76. The Labute approximate surface area is 122 Å². The first-order valence-electron chi connectivity index (χ1n) is 6.36. The molecule has 2 nitrogen and oxygen atoms in total. The van der Waals surface area contributed by atoms with Crippen molar-refractivity contribution >= 4 is 33.2 Å². The smallest absolute Gasteiger partial charge is 0.0658 e. The van der Waals surface area contributed by atoms with Gasteiger partial charge in [-0.3, -0.25) is 0 Å². The standard InChI is InChI=1S/C14H19BrClNO/c1-14(9-18,8-10-3-2-4-10)17-11-5-6-13(16)12(15)7-11/h5-7,10,17-18H,2-4,8-9H2,1H3. The molecule has 2 rings (SSSR count). The lowest BCUT2D eigenvalue weighted by molar-refractivity contribution is 0.168. The Morgan fingerprint density at radius 3 is 2.72 bits per heavy atom. The van der Waals surface area contributed by atoms with E-state index in [4.69, 9.17) is 11.6 Å². The Bertz CT molecular complexity index is 422. The summed E-state index contributed by atoms with van der Waals surface area (Å²) in [5, 5.41) is 13.8. The lowest BCUT2D eigenvalue weighted by Crippen LogP contribution is -2.41. The fraction of sp³-hybridized carbons (Fsp3) is 0.571. The van der Waals surface area contributed by atoms with Crippen molar-refractivity contribution in [2.24, 2.45) is 5.92 Å². The second-order valence-corrected chi connectivity index (χ2v) is 6.74. The first kappa shape index (κ1) is 14.2. The number of hydrogen-bond donors (Lipinski definition) is 2. The van der Waals surface area contributed by atoms with Crippen molar-refractivity contribution in [2.45, 2.75) is 38.1 Å². The predicted octanol–water partition coefficient (Wildman–Crippen LogP) is 4.46. The van der Waals surface area contributed by atoms with Gasteiger partial charge < -0.3 is 10.4 Å². The van der Waals surface area contributed by atoms with Crippen LogP contribution in [0.1, 0.15) is 32.6 Å². The molecule has 0 aliphatic heterocycles. The average Bonchev–Trinajstić information content (AvgIpc) is 2.29. The normalized spacial score (nSPS) is 19.1. The van der Waals surface area contributed by atoms with Crippen LogP contribution in [0, 0.1) is 5.92 Å². The van der Waals surface area contributed by atoms with Crippen LogP contribution in [0.5, 0.6) is 0 Å². The van der Waals surface area contributed by atoms with E-state index in [2.05, 4.69) is 28.2 Å². The number of anilines is 1. The number of hydrogen-bond acceptors (Lipinski definition) is 2. The molecule has 0 amide bonds. The SMILES string of the molecule is CC(CO)(CC1CCC1)Nc1ccc(Cl)c(Br)c1. The van der Waals surface area contributed by atoms with Crippen LogP contribution in [-0.4, -0.2) is 17.3 Å². The highest BCUT2D eigenvalue weighted by atomic mass is 79.9. The summed E-state index contributed by atoms with van der Waals surface area (Å²) in [4.78, 5) is 0. The summed E-state index contributed by atoms with van der Waals surface area (Å²) in [6.07, 6.45) is 4.94. The van der Waals surface area contributed by atoms with E-state index in [1.54, 1.807) is 0 Å². The van der Waals surface area contributed by atoms with Gasteiger partial charge in [-0.05, 0) is 53.4 Å². The Balaban J connectivity index is 2.05. The fourth-order valence-electron chi connectivity index (χ4n) is 2.41. The molecular formula is C14H19BrClNO. The summed E-state index contributed by atoms with van der Waals surface area (Å²) in [7, 11) is 0. The van der Waals surface area contributed by atoms with Crippen LogP contribution in [0.4, 0.5) is 5.69 Å². The molecule has 100 valence electrons. The first-order valence-corrected chi connectivity index (χ1v) is 7.54. The molecular weight excluding hydrogens is 314 g/mol. The van der Waals surface area contributed by atoms with E-state index in [9.17, 15) is 5.11 Å². The second-order valence-electron chi connectivity index (χ2n) is 5.47. The van der Waals surface area contributed by atoms with E-state index in [1.165, 1.54) is 19.3 Å². The monoisotopic (exact) mass is 331 g/mol. The maximum Gasteiger partial charge on any atom is 0.0658 e. The molecule has 0 heterocycles. The van der Waals surface area contributed by atoms with Gasteiger partial charge in [0.25, 0.3) is 0 Å². The van der Waals surface area contributed by atoms with Crippen molar-refractivity contribution in [3.8, 4) is 0 Å². The minimum absolute atomic E-state index is 0.143. The molecule has 1 atom stereocenters. The second kappa shape index (κ2) is 5.81. The molecule has 1 aliphatic carbocycles. The van der Waals surface area contributed by atoms with Crippen molar-refractivity contribution in [3.05, 3.63) is 27.7 Å². The zero-order chi connectivity index (χ0) is 13.2. The molecule has 2 N–H and O–H groups in total. The Kier molecular flexibility index (Phi) is 4.57. The van der Waals surface area contributed by atoms with Crippen molar-refractivity contribution in [2.75, 3.05) is 11.9 Å². The number of aliphatic hydroxyl groups is 1. The van der Waals surface area contributed by atoms with E-state index in [0.29, 0.717) is 5.02 Å². The number of aliphatic hydroxyl groups excluding tert-OH is 1. The minimum atomic E-state index is -0.252. The van der Waals surface area contributed by atoms with Gasteiger partial charge in [-0.2, -0.15) is 0 Å². The Morgan fingerprint density at radius 2 is 2.22 bits per heavy atom. The molecule has 1 aromatic carbocycles. The number of benzene rings is 1. The van der Waals surface area contributed by atoms with Crippen molar-refractivity contribution < 1.29 is 5.11 Å². The molecule has 0 radical (unpaired) electrons. The minimum Gasteiger partial charge on any atom is -0.394 e. The largest absolute Gasteiger partial charge is 0.394 e. The van der Waals surface area contributed by atoms with Crippen LogP contribution in [0.15, 0.2) is 22.7 Å². The van der Waals surface area contributed by atoms with Crippen LogP contribution < -0.4 is 5.32 Å². The van der Waals surface area contributed by atoms with Gasteiger partial charge in [0, 0.05) is 10.2 Å². The lowest BCUT2D eigenvalue weighted by Gasteiger charge is -2.37. The van der Waals surface area contributed by atoms with Gasteiger partial charge in [-0.1, -0.05) is 30.9 Å². The zero-order valence-electron chi connectivity index (χ0n) is 10.5. The van der Waals surface area contributed by atoms with Crippen LogP contribution in [0.2, 0.25) is 5.02 Å². The topological polar surface area (TPSA) is 32.3 Å². The number of nitrogens with one attached hydrogen (secondary N) is 1. The Morgan fingerprint density at radius 1 is 1.50 bits per heavy atom. The van der Waals surface area contributed by atoms with Gasteiger partial charge in [0.2, 0.25) is 0 Å². The van der Waals surface area contributed by atoms with Crippen LogP contribution in [0.25, 0.3) is 0 Å². The molecule has 18 heavy (non-hydrogen) atoms. The van der Waals surface area contributed by atoms with E-state index in [0.717, 1.165) is 22.5 Å². The van der Waals surface area contributed by atoms with E-state index >= 15 is 0 Å². The summed E-state index contributed by atoms with van der Waals surface area (Å²) in [6.45, 7) is 2.22.